The quantitative estimate of drug-likeness (QED) is 0.871. The molecule has 0 atom stereocenters. The van der Waals surface area contributed by atoms with Crippen molar-refractivity contribution >= 4 is 0 Å². The number of nitrogens with one attached hydrogen (secondary N) is 1. The van der Waals surface area contributed by atoms with Gasteiger partial charge in [0.2, 0.25) is 0 Å². The fourth-order valence-corrected chi connectivity index (χ4v) is 2.90. The van der Waals surface area contributed by atoms with Gasteiger partial charge >= 0.3 is 0 Å². The van der Waals surface area contributed by atoms with E-state index in [0.717, 1.165) is 13.1 Å². The van der Waals surface area contributed by atoms with Gasteiger partial charge in [-0.25, -0.2) is 0 Å². The van der Waals surface area contributed by atoms with Crippen molar-refractivity contribution in [2.45, 2.75) is 51.2 Å². The Morgan fingerprint density at radius 1 is 1.20 bits per heavy atom. The van der Waals surface area contributed by atoms with Crippen LogP contribution in [0.15, 0.2) is 42.7 Å². The maximum atomic E-state index is 4.46. The summed E-state index contributed by atoms with van der Waals surface area (Å²) in [5.74, 6) is 0. The summed E-state index contributed by atoms with van der Waals surface area (Å²) in [6, 6.07) is 10.5. The summed E-state index contributed by atoms with van der Waals surface area (Å²) in [6.45, 7) is 4.06. The summed E-state index contributed by atoms with van der Waals surface area (Å²) in [5.41, 5.74) is 2.97. The summed E-state index contributed by atoms with van der Waals surface area (Å²) in [6.07, 6.45) is 9.38. The molecule has 0 saturated heterocycles. The summed E-state index contributed by atoms with van der Waals surface area (Å²) in [4.78, 5) is 0. The summed E-state index contributed by atoms with van der Waals surface area (Å²) < 4.78 is 2.02. The highest BCUT2D eigenvalue weighted by Gasteiger charge is 2.34. The third-order valence-electron chi connectivity index (χ3n) is 4.53. The smallest absolute Gasteiger partial charge is 0.0659 e. The number of hydrogen-bond acceptors (Lipinski definition) is 2. The minimum atomic E-state index is 0.404. The van der Waals surface area contributed by atoms with Gasteiger partial charge in [0.15, 0.2) is 0 Å². The van der Waals surface area contributed by atoms with Crippen molar-refractivity contribution < 1.29 is 0 Å². The zero-order valence-electron chi connectivity index (χ0n) is 12.2. The van der Waals surface area contributed by atoms with Gasteiger partial charge in [0, 0.05) is 23.8 Å². The first-order chi connectivity index (χ1) is 9.80. The molecule has 1 saturated carbocycles. The molecule has 1 fully saturated rings. The van der Waals surface area contributed by atoms with Gasteiger partial charge in [-0.3, -0.25) is 4.68 Å². The monoisotopic (exact) mass is 269 g/mol. The van der Waals surface area contributed by atoms with Crippen LogP contribution in [0.3, 0.4) is 0 Å². The molecule has 1 aliphatic rings. The molecule has 1 aliphatic carbocycles. The van der Waals surface area contributed by atoms with E-state index in [-0.39, 0.29) is 0 Å². The summed E-state index contributed by atoms with van der Waals surface area (Å²) >= 11 is 0. The van der Waals surface area contributed by atoms with Crippen LogP contribution in [0.4, 0.5) is 0 Å². The van der Waals surface area contributed by atoms with Crippen LogP contribution in [0.1, 0.15) is 43.7 Å². The van der Waals surface area contributed by atoms with Crippen molar-refractivity contribution in [2.24, 2.45) is 0 Å². The van der Waals surface area contributed by atoms with Crippen LogP contribution < -0.4 is 5.32 Å². The molecule has 3 rings (SSSR count). The fraction of sp³-hybridized carbons (Fsp3) is 0.471. The van der Waals surface area contributed by atoms with E-state index in [0.29, 0.717) is 5.54 Å². The molecule has 1 heterocycles. The molecule has 3 heteroatoms. The Morgan fingerprint density at radius 2 is 2.00 bits per heavy atom. The van der Waals surface area contributed by atoms with Crippen LogP contribution in [0.25, 0.3) is 0 Å². The Kier molecular flexibility index (Phi) is 3.88. The van der Waals surface area contributed by atoms with E-state index in [1.807, 2.05) is 16.9 Å². The van der Waals surface area contributed by atoms with Gasteiger partial charge in [0.25, 0.3) is 0 Å². The van der Waals surface area contributed by atoms with Gasteiger partial charge in [-0.1, -0.05) is 37.3 Å². The highest BCUT2D eigenvalue weighted by molar-refractivity contribution is 5.15. The molecule has 0 radical (unpaired) electrons. The first-order valence-corrected chi connectivity index (χ1v) is 7.60. The standard InChI is InChI=1S/C17H23N3/c1-2-17(9-6-10-17)18-11-16-12-19-20(14-16)13-15-7-4-3-5-8-15/h3-5,7-8,12,14,18H,2,6,9-11,13H2,1H3. The van der Waals surface area contributed by atoms with E-state index >= 15 is 0 Å². The molecule has 0 spiro atoms. The second kappa shape index (κ2) is 5.80. The molecule has 0 aliphatic heterocycles. The topological polar surface area (TPSA) is 29.9 Å². The van der Waals surface area contributed by atoms with E-state index < -0.39 is 0 Å². The van der Waals surface area contributed by atoms with Crippen LogP contribution in [0.2, 0.25) is 0 Å². The molecule has 2 aromatic rings. The predicted octanol–water partition coefficient (Wildman–Crippen LogP) is 3.35. The van der Waals surface area contributed by atoms with Crippen LogP contribution in [0, 0.1) is 0 Å². The molecule has 1 aromatic heterocycles. The number of hydrogen-bond donors (Lipinski definition) is 1. The van der Waals surface area contributed by atoms with Gasteiger partial charge in [-0.15, -0.1) is 0 Å². The van der Waals surface area contributed by atoms with E-state index in [4.69, 9.17) is 0 Å². The summed E-state index contributed by atoms with van der Waals surface area (Å²) in [5, 5.41) is 8.18. The number of aromatic nitrogens is 2. The van der Waals surface area contributed by atoms with Gasteiger partial charge in [0.1, 0.15) is 0 Å². The third kappa shape index (κ3) is 2.93. The highest BCUT2D eigenvalue weighted by atomic mass is 15.3. The number of benzene rings is 1. The predicted molar refractivity (Wildman–Crippen MR) is 81.5 cm³/mol. The molecule has 0 amide bonds. The minimum absolute atomic E-state index is 0.404. The van der Waals surface area contributed by atoms with Crippen molar-refractivity contribution in [2.75, 3.05) is 0 Å². The van der Waals surface area contributed by atoms with Crippen LogP contribution >= 0.6 is 0 Å². The first-order valence-electron chi connectivity index (χ1n) is 7.60. The lowest BCUT2D eigenvalue weighted by Crippen LogP contribution is -2.49. The zero-order valence-corrected chi connectivity index (χ0v) is 12.2. The molecular weight excluding hydrogens is 246 g/mol. The Hall–Kier alpha value is -1.61. The third-order valence-corrected chi connectivity index (χ3v) is 4.53. The summed E-state index contributed by atoms with van der Waals surface area (Å²) in [7, 11) is 0. The van der Waals surface area contributed by atoms with Crippen LogP contribution in [0.5, 0.6) is 0 Å². The average molecular weight is 269 g/mol. The zero-order chi connectivity index (χ0) is 13.8. The molecule has 20 heavy (non-hydrogen) atoms. The Bertz CT molecular complexity index is 535. The maximum Gasteiger partial charge on any atom is 0.0659 e. The Labute approximate surface area is 121 Å². The number of nitrogens with zero attached hydrogens (tertiary/aromatic N) is 2. The van der Waals surface area contributed by atoms with E-state index in [9.17, 15) is 0 Å². The molecule has 1 aromatic carbocycles. The molecule has 0 unspecified atom stereocenters. The lowest BCUT2D eigenvalue weighted by molar-refractivity contribution is 0.175. The minimum Gasteiger partial charge on any atom is -0.307 e. The molecule has 0 bridgehead atoms. The van der Waals surface area contributed by atoms with Gasteiger partial charge < -0.3 is 5.32 Å². The Balaban J connectivity index is 1.57. The molecular formula is C17H23N3. The van der Waals surface area contributed by atoms with Crippen molar-refractivity contribution in [3.05, 3.63) is 53.9 Å². The van der Waals surface area contributed by atoms with Gasteiger partial charge in [0.05, 0.1) is 12.7 Å². The van der Waals surface area contributed by atoms with Crippen LogP contribution in [-0.2, 0) is 13.1 Å². The fourth-order valence-electron chi connectivity index (χ4n) is 2.90. The second-order valence-electron chi connectivity index (χ2n) is 5.87. The largest absolute Gasteiger partial charge is 0.307 e. The lowest BCUT2D eigenvalue weighted by Gasteiger charge is -2.42. The highest BCUT2D eigenvalue weighted by Crippen LogP contribution is 2.34. The van der Waals surface area contributed by atoms with Crippen molar-refractivity contribution in [1.29, 1.82) is 0 Å². The van der Waals surface area contributed by atoms with Crippen molar-refractivity contribution in [1.82, 2.24) is 15.1 Å². The Morgan fingerprint density at radius 3 is 2.65 bits per heavy atom. The molecule has 106 valence electrons. The molecule has 1 N–H and O–H groups in total. The second-order valence-corrected chi connectivity index (χ2v) is 5.87. The average Bonchev–Trinajstić information content (AvgIpc) is 2.87. The SMILES string of the molecule is CCC1(NCc2cnn(Cc3ccccc3)c2)CCC1. The van der Waals surface area contributed by atoms with E-state index in [2.05, 4.69) is 47.8 Å². The lowest BCUT2D eigenvalue weighted by atomic mass is 9.75. The molecule has 3 nitrogen and oxygen atoms in total. The van der Waals surface area contributed by atoms with Crippen LogP contribution in [-0.4, -0.2) is 15.3 Å². The van der Waals surface area contributed by atoms with Gasteiger partial charge in [-0.05, 0) is 31.2 Å². The maximum absolute atomic E-state index is 4.46. The normalized spacial score (nSPS) is 16.9. The van der Waals surface area contributed by atoms with Crippen molar-refractivity contribution in [3.63, 3.8) is 0 Å². The number of rotatable bonds is 6. The van der Waals surface area contributed by atoms with E-state index in [1.165, 1.54) is 36.8 Å². The van der Waals surface area contributed by atoms with Crippen molar-refractivity contribution in [3.8, 4) is 0 Å². The first kappa shape index (κ1) is 13.4. The van der Waals surface area contributed by atoms with E-state index in [1.54, 1.807) is 0 Å². The van der Waals surface area contributed by atoms with Gasteiger partial charge in [-0.2, -0.15) is 5.10 Å².